The van der Waals surface area contributed by atoms with Crippen LogP contribution in [-0.2, 0) is 15.8 Å². The van der Waals surface area contributed by atoms with Crippen LogP contribution in [0.5, 0.6) is 0 Å². The van der Waals surface area contributed by atoms with Crippen LogP contribution in [0.2, 0.25) is 0 Å². The van der Waals surface area contributed by atoms with Gasteiger partial charge in [0.1, 0.15) is 5.37 Å². The lowest BCUT2D eigenvalue weighted by Crippen LogP contribution is -3.06. The van der Waals surface area contributed by atoms with Crippen LogP contribution in [0.4, 0.5) is 13.2 Å². The molecule has 0 aromatic heterocycles. The van der Waals surface area contributed by atoms with Crippen molar-refractivity contribution >= 4 is 23.6 Å². The molecule has 0 spiro atoms. The standard InChI is InChI=1S/C17H22F3N3O2S/c1-22(2)9-7-21-14(24)6-8-23-15(25)11-26-16(23)12-4-3-5-13(10-12)17(18,19)20/h3-5,10,16H,6-9,11H2,1-2H3,(H,21,24)/p+1/t16-/m0/s1. The Morgan fingerprint density at radius 2 is 2.12 bits per heavy atom. The number of nitrogens with zero attached hydrogens (tertiary/aromatic N) is 1. The highest BCUT2D eigenvalue weighted by molar-refractivity contribution is 8.00. The van der Waals surface area contributed by atoms with E-state index in [4.69, 9.17) is 0 Å². The molecule has 1 saturated heterocycles. The zero-order valence-corrected chi connectivity index (χ0v) is 15.5. The summed E-state index contributed by atoms with van der Waals surface area (Å²) in [6, 6.07) is 5.01. The van der Waals surface area contributed by atoms with Gasteiger partial charge in [-0.15, -0.1) is 11.8 Å². The molecule has 9 heteroatoms. The van der Waals surface area contributed by atoms with Crippen LogP contribution in [-0.4, -0.2) is 56.2 Å². The summed E-state index contributed by atoms with van der Waals surface area (Å²) in [5.41, 5.74) is -0.314. The van der Waals surface area contributed by atoms with Gasteiger partial charge < -0.3 is 15.1 Å². The van der Waals surface area contributed by atoms with E-state index in [2.05, 4.69) is 5.32 Å². The molecule has 2 N–H and O–H groups in total. The van der Waals surface area contributed by atoms with Gasteiger partial charge in [0.05, 0.1) is 38.5 Å². The number of carbonyl (C=O) groups is 2. The van der Waals surface area contributed by atoms with Gasteiger partial charge in [0.2, 0.25) is 11.8 Å². The molecule has 1 aromatic carbocycles. The highest BCUT2D eigenvalue weighted by atomic mass is 32.2. The van der Waals surface area contributed by atoms with Crippen LogP contribution in [0, 0.1) is 0 Å². The van der Waals surface area contributed by atoms with Gasteiger partial charge in [0, 0.05) is 13.0 Å². The molecule has 1 aliphatic rings. The second-order valence-corrected chi connectivity index (χ2v) is 7.50. The van der Waals surface area contributed by atoms with E-state index in [0.717, 1.165) is 18.7 Å². The molecule has 2 amide bonds. The number of rotatable bonds is 7. The molecule has 0 radical (unpaired) electrons. The van der Waals surface area contributed by atoms with Crippen molar-refractivity contribution in [1.82, 2.24) is 10.2 Å². The second kappa shape index (κ2) is 8.77. The molecule has 144 valence electrons. The molecule has 0 bridgehead atoms. The maximum absolute atomic E-state index is 12.9. The van der Waals surface area contributed by atoms with Gasteiger partial charge in [0.15, 0.2) is 0 Å². The number of hydrogen-bond acceptors (Lipinski definition) is 3. The van der Waals surface area contributed by atoms with Gasteiger partial charge >= 0.3 is 6.18 Å². The first-order valence-electron chi connectivity index (χ1n) is 8.32. The number of benzene rings is 1. The Bertz CT molecular complexity index is 652. The predicted octanol–water partition coefficient (Wildman–Crippen LogP) is 0.930. The fraction of sp³-hybridized carbons (Fsp3) is 0.529. The van der Waals surface area contributed by atoms with Gasteiger partial charge in [-0.05, 0) is 17.7 Å². The first-order chi connectivity index (χ1) is 12.2. The SMILES string of the molecule is C[NH+](C)CCNC(=O)CCN1C(=O)CS[C@H]1c1cccc(C(F)(F)F)c1. The van der Waals surface area contributed by atoms with Crippen LogP contribution >= 0.6 is 11.8 Å². The van der Waals surface area contributed by atoms with Crippen molar-refractivity contribution < 1.29 is 27.7 Å². The second-order valence-electron chi connectivity index (χ2n) is 6.43. The van der Waals surface area contributed by atoms with E-state index in [0.29, 0.717) is 12.1 Å². The molecule has 1 heterocycles. The van der Waals surface area contributed by atoms with E-state index in [1.165, 1.54) is 27.6 Å². The van der Waals surface area contributed by atoms with Crippen LogP contribution < -0.4 is 10.2 Å². The zero-order valence-electron chi connectivity index (χ0n) is 14.7. The maximum atomic E-state index is 12.9. The van der Waals surface area contributed by atoms with Gasteiger partial charge in [-0.25, -0.2) is 0 Å². The molecule has 1 aliphatic heterocycles. The number of hydrogen-bond donors (Lipinski definition) is 2. The maximum Gasteiger partial charge on any atom is 0.416 e. The fourth-order valence-corrected chi connectivity index (χ4v) is 3.81. The first-order valence-corrected chi connectivity index (χ1v) is 9.37. The molecule has 0 aliphatic carbocycles. The number of alkyl halides is 3. The van der Waals surface area contributed by atoms with E-state index >= 15 is 0 Å². The van der Waals surface area contributed by atoms with E-state index in [-0.39, 0.29) is 30.5 Å². The predicted molar refractivity (Wildman–Crippen MR) is 93.7 cm³/mol. The topological polar surface area (TPSA) is 53.9 Å². The summed E-state index contributed by atoms with van der Waals surface area (Å²) in [5, 5.41) is 2.29. The van der Waals surface area contributed by atoms with Crippen molar-refractivity contribution in [3.8, 4) is 0 Å². The summed E-state index contributed by atoms with van der Waals surface area (Å²) < 4.78 is 38.7. The van der Waals surface area contributed by atoms with Crippen molar-refractivity contribution in [2.24, 2.45) is 0 Å². The lowest BCUT2D eigenvalue weighted by Gasteiger charge is -2.24. The minimum atomic E-state index is -4.43. The lowest BCUT2D eigenvalue weighted by atomic mass is 10.1. The summed E-state index contributed by atoms with van der Waals surface area (Å²) in [6.45, 7) is 1.52. The Labute approximate surface area is 154 Å². The van der Waals surface area contributed by atoms with Gasteiger partial charge in [-0.3, -0.25) is 9.59 Å². The van der Waals surface area contributed by atoms with Crippen molar-refractivity contribution in [1.29, 1.82) is 0 Å². The average molecular weight is 390 g/mol. The van der Waals surface area contributed by atoms with Gasteiger partial charge in [0.25, 0.3) is 0 Å². The summed E-state index contributed by atoms with van der Waals surface area (Å²) in [6.07, 6.45) is -4.30. The van der Waals surface area contributed by atoms with E-state index in [1.807, 2.05) is 14.1 Å². The smallest absolute Gasteiger partial charge is 0.350 e. The lowest BCUT2D eigenvalue weighted by molar-refractivity contribution is -0.856. The molecule has 2 rings (SSSR count). The quantitative estimate of drug-likeness (QED) is 0.728. The minimum absolute atomic E-state index is 0.129. The largest absolute Gasteiger partial charge is 0.416 e. The molecular weight excluding hydrogens is 367 g/mol. The van der Waals surface area contributed by atoms with Gasteiger partial charge in [-0.2, -0.15) is 13.2 Å². The molecule has 0 unspecified atom stereocenters. The number of amides is 2. The van der Waals surface area contributed by atoms with Crippen molar-refractivity contribution in [3.63, 3.8) is 0 Å². The Hall–Kier alpha value is -1.74. The van der Waals surface area contributed by atoms with Crippen molar-refractivity contribution in [2.45, 2.75) is 18.0 Å². The highest BCUT2D eigenvalue weighted by Crippen LogP contribution is 2.40. The summed E-state index contributed by atoms with van der Waals surface area (Å²) >= 11 is 1.28. The number of thioether (sulfide) groups is 1. The molecule has 0 saturated carbocycles. The summed E-state index contributed by atoms with van der Waals surface area (Å²) in [5.74, 6) is -0.131. The minimum Gasteiger partial charge on any atom is -0.350 e. The summed E-state index contributed by atoms with van der Waals surface area (Å²) in [7, 11) is 3.96. The average Bonchev–Trinajstić information content (AvgIpc) is 2.93. The number of nitrogens with one attached hydrogen (secondary N) is 2. The molecule has 1 aromatic rings. The first kappa shape index (κ1) is 20.6. The van der Waals surface area contributed by atoms with E-state index < -0.39 is 17.1 Å². The van der Waals surface area contributed by atoms with Crippen LogP contribution in [0.1, 0.15) is 22.9 Å². The molecule has 1 atom stereocenters. The molecule has 5 nitrogen and oxygen atoms in total. The Kier molecular flexibility index (Phi) is 6.94. The Balaban J connectivity index is 1.99. The third-order valence-electron chi connectivity index (χ3n) is 3.99. The van der Waals surface area contributed by atoms with E-state index in [1.54, 1.807) is 6.07 Å². The van der Waals surface area contributed by atoms with Crippen LogP contribution in [0.3, 0.4) is 0 Å². The molecule has 1 fully saturated rings. The normalized spacial score (nSPS) is 17.8. The number of likely N-dealkylation sites (N-methyl/N-ethyl adjacent to an activating group) is 1. The molecule has 26 heavy (non-hydrogen) atoms. The number of quaternary nitrogens is 1. The van der Waals surface area contributed by atoms with Crippen molar-refractivity contribution in [2.75, 3.05) is 39.5 Å². The number of carbonyl (C=O) groups excluding carboxylic acids is 2. The van der Waals surface area contributed by atoms with Crippen LogP contribution in [0.25, 0.3) is 0 Å². The Morgan fingerprint density at radius 1 is 1.38 bits per heavy atom. The third kappa shape index (κ3) is 5.63. The number of halogens is 3. The van der Waals surface area contributed by atoms with Crippen molar-refractivity contribution in [3.05, 3.63) is 35.4 Å². The van der Waals surface area contributed by atoms with Crippen LogP contribution in [0.15, 0.2) is 24.3 Å². The third-order valence-corrected chi connectivity index (χ3v) is 5.25. The highest BCUT2D eigenvalue weighted by Gasteiger charge is 2.35. The zero-order chi connectivity index (χ0) is 19.3. The Morgan fingerprint density at radius 3 is 2.77 bits per heavy atom. The van der Waals surface area contributed by atoms with Gasteiger partial charge in [-0.1, -0.05) is 12.1 Å². The molecular formula is C17H23F3N3O2S+. The van der Waals surface area contributed by atoms with E-state index in [9.17, 15) is 22.8 Å². The summed E-state index contributed by atoms with van der Waals surface area (Å²) in [4.78, 5) is 26.7. The fourth-order valence-electron chi connectivity index (χ4n) is 2.60. The monoisotopic (exact) mass is 390 g/mol.